The lowest BCUT2D eigenvalue weighted by molar-refractivity contribution is -0.139. The largest absolute Gasteiger partial charge is 0.354 e. The van der Waals surface area contributed by atoms with Gasteiger partial charge in [-0.05, 0) is 49.2 Å². The van der Waals surface area contributed by atoms with Gasteiger partial charge in [0.05, 0.1) is 17.0 Å². The Kier molecular flexibility index (Phi) is 10.3. The Hall–Kier alpha value is -2.17. The summed E-state index contributed by atoms with van der Waals surface area (Å²) in [7, 11) is -3.92. The Labute approximate surface area is 213 Å². The highest BCUT2D eigenvalue weighted by molar-refractivity contribution is 9.10. The van der Waals surface area contributed by atoms with Crippen LogP contribution in [0.4, 0.5) is 10.1 Å². The highest BCUT2D eigenvalue weighted by Gasteiger charge is 2.30. The Morgan fingerprint density at radius 2 is 1.91 bits per heavy atom. The summed E-state index contributed by atoms with van der Waals surface area (Å²) in [6, 6.07) is 9.80. The van der Waals surface area contributed by atoms with Crippen molar-refractivity contribution in [3.63, 3.8) is 0 Å². The first-order chi connectivity index (χ1) is 15.9. The zero-order valence-electron chi connectivity index (χ0n) is 19.2. The normalized spacial score (nSPS) is 12.2. The second kappa shape index (κ2) is 12.5. The molecule has 1 atom stereocenters. The fourth-order valence-corrected chi connectivity index (χ4v) is 4.67. The number of unbranched alkanes of at least 4 members (excludes halogenated alkanes) is 1. The first kappa shape index (κ1) is 28.1. The summed E-state index contributed by atoms with van der Waals surface area (Å²) in [4.78, 5) is 27.5. The third kappa shape index (κ3) is 7.95. The number of benzene rings is 2. The van der Waals surface area contributed by atoms with Crippen LogP contribution in [0.2, 0.25) is 5.02 Å². The van der Waals surface area contributed by atoms with Crippen molar-refractivity contribution in [1.29, 1.82) is 0 Å². The number of anilines is 1. The van der Waals surface area contributed by atoms with E-state index in [0.717, 1.165) is 45.6 Å². The van der Waals surface area contributed by atoms with Crippen LogP contribution in [0.3, 0.4) is 0 Å². The van der Waals surface area contributed by atoms with Crippen LogP contribution >= 0.6 is 27.5 Å². The zero-order chi connectivity index (χ0) is 25.5. The number of nitrogens with one attached hydrogen (secondary N) is 1. The molecule has 0 saturated heterocycles. The third-order valence-electron chi connectivity index (χ3n) is 5.11. The Bertz CT molecular complexity index is 1130. The zero-order valence-corrected chi connectivity index (χ0v) is 22.4. The van der Waals surface area contributed by atoms with Crippen LogP contribution in [-0.4, -0.2) is 50.5 Å². The van der Waals surface area contributed by atoms with Gasteiger partial charge in [-0.3, -0.25) is 13.9 Å². The molecule has 0 aliphatic carbocycles. The average Bonchev–Trinajstić information content (AvgIpc) is 2.76. The number of nitrogens with zero attached hydrogens (tertiary/aromatic N) is 2. The van der Waals surface area contributed by atoms with Crippen molar-refractivity contribution in [2.75, 3.05) is 23.7 Å². The molecular weight excluding hydrogens is 549 g/mol. The summed E-state index contributed by atoms with van der Waals surface area (Å²) in [6.07, 6.45) is 2.64. The lowest BCUT2D eigenvalue weighted by atomic mass is 10.1. The van der Waals surface area contributed by atoms with E-state index in [9.17, 15) is 22.4 Å². The quantitative estimate of drug-likeness (QED) is 0.403. The summed E-state index contributed by atoms with van der Waals surface area (Å²) >= 11 is 9.23. The molecule has 0 aliphatic heterocycles. The highest BCUT2D eigenvalue weighted by Crippen LogP contribution is 2.25. The number of hydrogen-bond donors (Lipinski definition) is 1. The molecule has 2 aromatic rings. The summed E-state index contributed by atoms with van der Waals surface area (Å²) < 4.78 is 40.3. The van der Waals surface area contributed by atoms with Crippen molar-refractivity contribution < 1.29 is 22.4 Å². The monoisotopic (exact) mass is 575 g/mol. The lowest BCUT2D eigenvalue weighted by Gasteiger charge is -2.31. The van der Waals surface area contributed by atoms with Crippen molar-refractivity contribution in [2.24, 2.45) is 0 Å². The second-order valence-electron chi connectivity index (χ2n) is 7.84. The molecule has 0 aromatic heterocycles. The van der Waals surface area contributed by atoms with Crippen LogP contribution in [0.5, 0.6) is 0 Å². The molecule has 2 rings (SSSR count). The maximum Gasteiger partial charge on any atom is 0.244 e. The minimum absolute atomic E-state index is 0.0460. The van der Waals surface area contributed by atoms with Gasteiger partial charge in [0.15, 0.2) is 0 Å². The first-order valence-electron chi connectivity index (χ1n) is 10.7. The Balaban J connectivity index is 2.37. The topological polar surface area (TPSA) is 86.8 Å². The molecule has 7 nitrogen and oxygen atoms in total. The van der Waals surface area contributed by atoms with Crippen LogP contribution in [0.1, 0.15) is 32.3 Å². The lowest BCUT2D eigenvalue weighted by Crippen LogP contribution is -2.51. The van der Waals surface area contributed by atoms with Gasteiger partial charge in [0, 0.05) is 17.6 Å². The van der Waals surface area contributed by atoms with Crippen LogP contribution in [0.25, 0.3) is 0 Å². The van der Waals surface area contributed by atoms with Gasteiger partial charge in [-0.1, -0.05) is 53.0 Å². The van der Waals surface area contributed by atoms with Crippen molar-refractivity contribution in [3.8, 4) is 0 Å². The van der Waals surface area contributed by atoms with Gasteiger partial charge in [-0.25, -0.2) is 12.8 Å². The molecule has 0 saturated carbocycles. The fraction of sp³-hybridized carbons (Fsp3) is 0.391. The average molecular weight is 577 g/mol. The van der Waals surface area contributed by atoms with E-state index >= 15 is 0 Å². The maximum atomic E-state index is 13.6. The van der Waals surface area contributed by atoms with Gasteiger partial charge < -0.3 is 10.2 Å². The standard InChI is InChI=1S/C23H28BrClFN3O4S/c1-4-5-11-27-23(31)16(2)28(14-17-7-6-8-18(24)12-17)22(30)15-29(34(3,32)33)19-9-10-21(26)20(25)13-19/h6-10,12-13,16H,4-5,11,14-15H2,1-3H3,(H,27,31)/t16-/m0/s1. The minimum Gasteiger partial charge on any atom is -0.354 e. The molecule has 0 unspecified atom stereocenters. The van der Waals surface area contributed by atoms with E-state index in [2.05, 4.69) is 21.2 Å². The SMILES string of the molecule is CCCCNC(=O)[C@H](C)N(Cc1cccc(Br)c1)C(=O)CN(c1ccc(F)c(Cl)c1)S(C)(=O)=O. The van der Waals surface area contributed by atoms with E-state index in [1.165, 1.54) is 11.0 Å². The Morgan fingerprint density at radius 1 is 1.21 bits per heavy atom. The second-order valence-corrected chi connectivity index (χ2v) is 11.1. The molecule has 2 amide bonds. The number of halogens is 3. The summed E-state index contributed by atoms with van der Waals surface area (Å²) in [5, 5.41) is 2.54. The number of sulfonamides is 1. The maximum absolute atomic E-state index is 13.6. The predicted molar refractivity (Wildman–Crippen MR) is 136 cm³/mol. The molecule has 0 aliphatic rings. The molecule has 186 valence electrons. The summed E-state index contributed by atoms with van der Waals surface area (Å²) in [6.45, 7) is 3.57. The van der Waals surface area contributed by atoms with Crippen molar-refractivity contribution in [2.45, 2.75) is 39.3 Å². The molecule has 0 fully saturated rings. The van der Waals surface area contributed by atoms with Crippen LogP contribution in [0, 0.1) is 5.82 Å². The molecule has 34 heavy (non-hydrogen) atoms. The Morgan fingerprint density at radius 3 is 2.50 bits per heavy atom. The molecule has 0 bridgehead atoms. The number of hydrogen-bond acceptors (Lipinski definition) is 4. The van der Waals surface area contributed by atoms with E-state index in [4.69, 9.17) is 11.6 Å². The smallest absolute Gasteiger partial charge is 0.244 e. The molecule has 1 N–H and O–H groups in total. The van der Waals surface area contributed by atoms with Gasteiger partial charge in [0.1, 0.15) is 18.4 Å². The van der Waals surface area contributed by atoms with E-state index in [1.54, 1.807) is 19.1 Å². The summed E-state index contributed by atoms with van der Waals surface area (Å²) in [5.41, 5.74) is 0.802. The van der Waals surface area contributed by atoms with Crippen molar-refractivity contribution in [1.82, 2.24) is 10.2 Å². The van der Waals surface area contributed by atoms with Crippen molar-refractivity contribution >= 4 is 55.1 Å². The van der Waals surface area contributed by atoms with Crippen LogP contribution < -0.4 is 9.62 Å². The molecular formula is C23H28BrClFN3O4S. The van der Waals surface area contributed by atoms with Crippen molar-refractivity contribution in [3.05, 3.63) is 63.3 Å². The van der Waals surface area contributed by atoms with E-state index in [-0.39, 0.29) is 23.2 Å². The first-order valence-corrected chi connectivity index (χ1v) is 13.7. The predicted octanol–water partition coefficient (Wildman–Crippen LogP) is 4.34. The van der Waals surface area contributed by atoms with Gasteiger partial charge in [0.25, 0.3) is 0 Å². The van der Waals surface area contributed by atoms with Gasteiger partial charge in [0.2, 0.25) is 21.8 Å². The molecule has 0 heterocycles. The number of amides is 2. The summed E-state index contributed by atoms with van der Waals surface area (Å²) in [5.74, 6) is -1.64. The fourth-order valence-electron chi connectivity index (χ4n) is 3.20. The molecule has 0 spiro atoms. The van der Waals surface area contributed by atoms with E-state index in [1.807, 2.05) is 19.1 Å². The van der Waals surface area contributed by atoms with Gasteiger partial charge in [-0.15, -0.1) is 0 Å². The minimum atomic E-state index is -3.92. The number of rotatable bonds is 11. The molecule has 2 aromatic carbocycles. The number of carbonyl (C=O) groups excluding carboxylic acids is 2. The van der Waals surface area contributed by atoms with E-state index in [0.29, 0.717) is 6.54 Å². The van der Waals surface area contributed by atoms with Crippen LogP contribution in [0.15, 0.2) is 46.9 Å². The van der Waals surface area contributed by atoms with E-state index < -0.39 is 34.3 Å². The van der Waals surface area contributed by atoms with Gasteiger partial charge >= 0.3 is 0 Å². The van der Waals surface area contributed by atoms with Crippen LogP contribution in [-0.2, 0) is 26.2 Å². The highest BCUT2D eigenvalue weighted by atomic mass is 79.9. The third-order valence-corrected chi connectivity index (χ3v) is 7.03. The van der Waals surface area contributed by atoms with Gasteiger partial charge in [-0.2, -0.15) is 0 Å². The molecule has 0 radical (unpaired) electrons. The molecule has 11 heteroatoms. The number of carbonyl (C=O) groups is 2.